The van der Waals surface area contributed by atoms with E-state index in [4.69, 9.17) is 0 Å². The van der Waals surface area contributed by atoms with Crippen molar-refractivity contribution in [2.45, 2.75) is 40.2 Å². The summed E-state index contributed by atoms with van der Waals surface area (Å²) in [6, 6.07) is 3.85. The van der Waals surface area contributed by atoms with Crippen molar-refractivity contribution in [2.75, 3.05) is 18.0 Å². The maximum atomic E-state index is 9.58. The molecule has 96 valence electrons. The van der Waals surface area contributed by atoms with E-state index < -0.39 is 6.10 Å². The molecule has 1 N–H and O–H groups in total. The Morgan fingerprint density at radius 2 is 2.06 bits per heavy atom. The van der Waals surface area contributed by atoms with E-state index in [2.05, 4.69) is 30.7 Å². The van der Waals surface area contributed by atoms with E-state index in [-0.39, 0.29) is 0 Å². The van der Waals surface area contributed by atoms with Gasteiger partial charge in [0.05, 0.1) is 6.10 Å². The summed E-state index contributed by atoms with van der Waals surface area (Å²) in [5.74, 6) is 1.62. The lowest BCUT2D eigenvalue weighted by atomic mass is 10.1. The third kappa shape index (κ3) is 4.00. The Morgan fingerprint density at radius 3 is 2.59 bits per heavy atom. The molecule has 1 aromatic heterocycles. The highest BCUT2D eigenvalue weighted by molar-refractivity contribution is 5.41. The molecule has 0 bridgehead atoms. The van der Waals surface area contributed by atoms with Crippen LogP contribution >= 0.6 is 0 Å². The van der Waals surface area contributed by atoms with Crippen molar-refractivity contribution < 1.29 is 5.11 Å². The van der Waals surface area contributed by atoms with Crippen molar-refractivity contribution in [1.82, 2.24) is 4.98 Å². The summed E-state index contributed by atoms with van der Waals surface area (Å²) >= 11 is 0. The summed E-state index contributed by atoms with van der Waals surface area (Å²) < 4.78 is 0. The SMILES string of the molecule is CCC(C)CN(CC)c1cc(C(C)O)ccn1. The van der Waals surface area contributed by atoms with E-state index >= 15 is 0 Å². The average molecular weight is 236 g/mol. The van der Waals surface area contributed by atoms with Crippen LogP contribution in [0.25, 0.3) is 0 Å². The predicted molar refractivity (Wildman–Crippen MR) is 72.2 cm³/mol. The van der Waals surface area contributed by atoms with Gasteiger partial charge in [0.15, 0.2) is 0 Å². The van der Waals surface area contributed by atoms with Crippen LogP contribution in [0, 0.1) is 5.92 Å². The second-order valence-corrected chi connectivity index (χ2v) is 4.68. The number of hydrogen-bond donors (Lipinski definition) is 1. The quantitative estimate of drug-likeness (QED) is 0.825. The summed E-state index contributed by atoms with van der Waals surface area (Å²) in [6.07, 6.45) is 2.52. The molecule has 0 amide bonds. The van der Waals surface area contributed by atoms with Gasteiger partial charge in [-0.25, -0.2) is 4.98 Å². The second kappa shape index (κ2) is 6.60. The number of rotatable bonds is 6. The molecule has 0 radical (unpaired) electrons. The normalized spacial score (nSPS) is 14.4. The fraction of sp³-hybridized carbons (Fsp3) is 0.643. The minimum absolute atomic E-state index is 0.431. The van der Waals surface area contributed by atoms with Crippen LogP contribution in [0.5, 0.6) is 0 Å². The Bertz CT molecular complexity index is 339. The number of aliphatic hydroxyl groups excluding tert-OH is 1. The van der Waals surface area contributed by atoms with Crippen LogP contribution < -0.4 is 4.90 Å². The molecule has 0 aliphatic carbocycles. The van der Waals surface area contributed by atoms with Gasteiger partial charge in [-0.15, -0.1) is 0 Å². The lowest BCUT2D eigenvalue weighted by molar-refractivity contribution is 0.199. The zero-order chi connectivity index (χ0) is 12.8. The number of pyridine rings is 1. The molecule has 3 heteroatoms. The predicted octanol–water partition coefficient (Wildman–Crippen LogP) is 3.01. The van der Waals surface area contributed by atoms with E-state index in [9.17, 15) is 5.11 Å². The van der Waals surface area contributed by atoms with Crippen LogP contribution in [0.15, 0.2) is 18.3 Å². The van der Waals surface area contributed by atoms with Crippen molar-refractivity contribution in [3.8, 4) is 0 Å². The molecule has 1 aromatic rings. The number of aliphatic hydroxyl groups is 1. The molecule has 0 aromatic carbocycles. The largest absolute Gasteiger partial charge is 0.389 e. The van der Waals surface area contributed by atoms with Crippen LogP contribution in [-0.4, -0.2) is 23.2 Å². The Hall–Kier alpha value is -1.09. The molecule has 2 unspecified atom stereocenters. The topological polar surface area (TPSA) is 36.4 Å². The lowest BCUT2D eigenvalue weighted by Crippen LogP contribution is -2.28. The third-order valence-electron chi connectivity index (χ3n) is 3.19. The molecule has 0 aliphatic heterocycles. The van der Waals surface area contributed by atoms with Gasteiger partial charge in [0.1, 0.15) is 5.82 Å². The molecular weight excluding hydrogens is 212 g/mol. The smallest absolute Gasteiger partial charge is 0.128 e. The first-order valence-electron chi connectivity index (χ1n) is 6.47. The summed E-state index contributed by atoms with van der Waals surface area (Å²) in [5.41, 5.74) is 0.928. The van der Waals surface area contributed by atoms with Gasteiger partial charge in [0, 0.05) is 19.3 Å². The fourth-order valence-corrected chi connectivity index (χ4v) is 1.76. The van der Waals surface area contributed by atoms with Gasteiger partial charge < -0.3 is 10.0 Å². The van der Waals surface area contributed by atoms with Gasteiger partial charge >= 0.3 is 0 Å². The fourth-order valence-electron chi connectivity index (χ4n) is 1.76. The van der Waals surface area contributed by atoms with E-state index in [1.54, 1.807) is 13.1 Å². The highest BCUT2D eigenvalue weighted by Gasteiger charge is 2.11. The number of hydrogen-bond acceptors (Lipinski definition) is 3. The molecule has 17 heavy (non-hydrogen) atoms. The van der Waals surface area contributed by atoms with Crippen LogP contribution in [0.1, 0.15) is 45.8 Å². The van der Waals surface area contributed by atoms with Crippen LogP contribution in [-0.2, 0) is 0 Å². The van der Waals surface area contributed by atoms with Crippen LogP contribution in [0.3, 0.4) is 0 Å². The summed E-state index contributed by atoms with van der Waals surface area (Å²) in [6.45, 7) is 10.3. The zero-order valence-corrected chi connectivity index (χ0v) is 11.3. The first-order valence-corrected chi connectivity index (χ1v) is 6.47. The van der Waals surface area contributed by atoms with Gasteiger partial charge in [-0.2, -0.15) is 0 Å². The van der Waals surface area contributed by atoms with Crippen LogP contribution in [0.2, 0.25) is 0 Å². The number of nitrogens with zero attached hydrogens (tertiary/aromatic N) is 2. The first-order chi connectivity index (χ1) is 8.08. The van der Waals surface area contributed by atoms with Gasteiger partial charge in [-0.3, -0.25) is 0 Å². The molecule has 1 rings (SSSR count). The molecule has 0 spiro atoms. The molecule has 0 saturated heterocycles. The molecule has 3 nitrogen and oxygen atoms in total. The summed E-state index contributed by atoms with van der Waals surface area (Å²) in [7, 11) is 0. The van der Waals surface area contributed by atoms with Gasteiger partial charge in [-0.1, -0.05) is 20.3 Å². The van der Waals surface area contributed by atoms with Gasteiger partial charge in [-0.05, 0) is 37.5 Å². The minimum Gasteiger partial charge on any atom is -0.389 e. The molecule has 0 fully saturated rings. The van der Waals surface area contributed by atoms with Crippen molar-refractivity contribution in [1.29, 1.82) is 0 Å². The summed E-state index contributed by atoms with van der Waals surface area (Å²) in [5, 5.41) is 9.58. The lowest BCUT2D eigenvalue weighted by Gasteiger charge is -2.25. The third-order valence-corrected chi connectivity index (χ3v) is 3.19. The van der Waals surface area contributed by atoms with E-state index in [0.717, 1.165) is 24.5 Å². The Balaban J connectivity index is 2.84. The van der Waals surface area contributed by atoms with Gasteiger partial charge in [0.25, 0.3) is 0 Å². The number of aromatic nitrogens is 1. The van der Waals surface area contributed by atoms with E-state index in [0.29, 0.717) is 5.92 Å². The van der Waals surface area contributed by atoms with Gasteiger partial charge in [0.2, 0.25) is 0 Å². The molecule has 0 saturated carbocycles. The second-order valence-electron chi connectivity index (χ2n) is 4.68. The monoisotopic (exact) mass is 236 g/mol. The van der Waals surface area contributed by atoms with E-state index in [1.165, 1.54) is 6.42 Å². The van der Waals surface area contributed by atoms with Crippen molar-refractivity contribution >= 4 is 5.82 Å². The van der Waals surface area contributed by atoms with E-state index in [1.807, 2.05) is 12.1 Å². The van der Waals surface area contributed by atoms with Crippen LogP contribution in [0.4, 0.5) is 5.82 Å². The standard InChI is InChI=1S/C14H24N2O/c1-5-11(3)10-16(6-2)14-9-13(12(4)17)7-8-15-14/h7-9,11-12,17H,5-6,10H2,1-4H3. The molecule has 0 aliphatic rings. The summed E-state index contributed by atoms with van der Waals surface area (Å²) in [4.78, 5) is 6.66. The maximum Gasteiger partial charge on any atom is 0.128 e. The molecule has 1 heterocycles. The Kier molecular flexibility index (Phi) is 5.42. The average Bonchev–Trinajstić information content (AvgIpc) is 2.35. The first kappa shape index (κ1) is 14.0. The highest BCUT2D eigenvalue weighted by atomic mass is 16.3. The van der Waals surface area contributed by atoms with Crippen molar-refractivity contribution in [2.24, 2.45) is 5.92 Å². The van der Waals surface area contributed by atoms with Crippen molar-refractivity contribution in [3.63, 3.8) is 0 Å². The highest BCUT2D eigenvalue weighted by Crippen LogP contribution is 2.19. The minimum atomic E-state index is -0.431. The Morgan fingerprint density at radius 1 is 1.35 bits per heavy atom. The zero-order valence-electron chi connectivity index (χ0n) is 11.3. The maximum absolute atomic E-state index is 9.58. The molecular formula is C14H24N2O. The Labute approximate surface area is 104 Å². The van der Waals surface area contributed by atoms with Crippen molar-refractivity contribution in [3.05, 3.63) is 23.9 Å². The molecule has 2 atom stereocenters. The number of anilines is 1.